The van der Waals surface area contributed by atoms with E-state index in [1.807, 2.05) is 7.05 Å². The van der Waals surface area contributed by atoms with Crippen molar-refractivity contribution < 1.29 is 9.90 Å². The number of carbonyl (C=O) groups is 1. The van der Waals surface area contributed by atoms with Gasteiger partial charge in [0.05, 0.1) is 5.92 Å². The predicted molar refractivity (Wildman–Crippen MR) is 51.1 cm³/mol. The molecule has 6 nitrogen and oxygen atoms in total. The number of hydrogen-bond donors (Lipinski definition) is 1. The molecule has 0 aliphatic heterocycles. The molecule has 0 spiro atoms. The Bertz CT molecular complexity index is 355. The number of nitrogens with zero attached hydrogens (tertiary/aromatic N) is 4. The van der Waals surface area contributed by atoms with Crippen LogP contribution in [0, 0.1) is 5.92 Å². The van der Waals surface area contributed by atoms with E-state index >= 15 is 0 Å². The second-order valence-electron chi connectivity index (χ2n) is 4.05. The van der Waals surface area contributed by atoms with Crippen molar-refractivity contribution in [2.45, 2.75) is 31.6 Å². The Labute approximate surface area is 87.3 Å². The van der Waals surface area contributed by atoms with Crippen LogP contribution in [0.5, 0.6) is 0 Å². The lowest BCUT2D eigenvalue weighted by Crippen LogP contribution is -2.22. The third-order valence-corrected chi connectivity index (χ3v) is 3.09. The molecule has 0 amide bonds. The van der Waals surface area contributed by atoms with Crippen LogP contribution in [0.4, 0.5) is 0 Å². The molecule has 82 valence electrons. The highest BCUT2D eigenvalue weighted by atomic mass is 16.4. The Morgan fingerprint density at radius 3 is 2.53 bits per heavy atom. The first-order valence-electron chi connectivity index (χ1n) is 5.13. The summed E-state index contributed by atoms with van der Waals surface area (Å²) in [5.74, 6) is 0.339. The highest BCUT2D eigenvalue weighted by Gasteiger charge is 2.28. The Hall–Kier alpha value is -1.46. The van der Waals surface area contributed by atoms with Crippen molar-refractivity contribution in [1.82, 2.24) is 20.2 Å². The zero-order valence-corrected chi connectivity index (χ0v) is 8.63. The maximum absolute atomic E-state index is 10.8. The number of tetrazole rings is 1. The Morgan fingerprint density at radius 1 is 1.40 bits per heavy atom. The van der Waals surface area contributed by atoms with E-state index in [1.54, 1.807) is 4.68 Å². The zero-order valence-electron chi connectivity index (χ0n) is 8.63. The molecule has 0 unspecified atom stereocenters. The molecule has 1 saturated carbocycles. The van der Waals surface area contributed by atoms with Gasteiger partial charge in [0.25, 0.3) is 0 Å². The predicted octanol–water partition coefficient (Wildman–Crippen LogP) is 0.568. The van der Waals surface area contributed by atoms with E-state index in [1.165, 1.54) is 0 Å². The molecule has 0 radical (unpaired) electrons. The standard InChI is InChI=1S/C9H14N4O2/c1-13-8(10-11-12-13)6-2-4-7(5-3-6)9(14)15/h6-7H,2-5H2,1H3,(H,14,15). The number of hydrogen-bond acceptors (Lipinski definition) is 4. The minimum atomic E-state index is -0.676. The summed E-state index contributed by atoms with van der Waals surface area (Å²) in [7, 11) is 1.82. The summed E-state index contributed by atoms with van der Waals surface area (Å²) >= 11 is 0. The maximum Gasteiger partial charge on any atom is 0.306 e. The van der Waals surface area contributed by atoms with Crippen LogP contribution in [0.25, 0.3) is 0 Å². The van der Waals surface area contributed by atoms with E-state index in [4.69, 9.17) is 5.11 Å². The lowest BCUT2D eigenvalue weighted by Gasteiger charge is -2.24. The van der Waals surface area contributed by atoms with Gasteiger partial charge in [0.2, 0.25) is 0 Å². The number of aromatic nitrogens is 4. The summed E-state index contributed by atoms with van der Waals surface area (Å²) in [5.41, 5.74) is 0. The summed E-state index contributed by atoms with van der Waals surface area (Å²) in [5, 5.41) is 20.2. The maximum atomic E-state index is 10.8. The van der Waals surface area contributed by atoms with Gasteiger partial charge in [0.1, 0.15) is 0 Å². The molecule has 6 heteroatoms. The average Bonchev–Trinajstić information content (AvgIpc) is 2.65. The number of aryl methyl sites for hydroxylation is 1. The lowest BCUT2D eigenvalue weighted by atomic mass is 9.82. The van der Waals surface area contributed by atoms with Gasteiger partial charge in [0.15, 0.2) is 5.82 Å². The molecular formula is C9H14N4O2. The quantitative estimate of drug-likeness (QED) is 0.771. The molecule has 0 aromatic carbocycles. The van der Waals surface area contributed by atoms with Crippen molar-refractivity contribution in [1.29, 1.82) is 0 Å². The summed E-state index contributed by atoms with van der Waals surface area (Å²) in [6, 6.07) is 0. The van der Waals surface area contributed by atoms with Gasteiger partial charge >= 0.3 is 5.97 Å². The van der Waals surface area contributed by atoms with Gasteiger partial charge in [-0.05, 0) is 36.1 Å². The topological polar surface area (TPSA) is 80.9 Å². The minimum absolute atomic E-state index is 0.178. The van der Waals surface area contributed by atoms with Crippen LogP contribution in [-0.4, -0.2) is 31.3 Å². The Morgan fingerprint density at radius 2 is 2.07 bits per heavy atom. The van der Waals surface area contributed by atoms with Crippen LogP contribution >= 0.6 is 0 Å². The summed E-state index contributed by atoms with van der Waals surface area (Å²) in [4.78, 5) is 10.8. The van der Waals surface area contributed by atoms with E-state index in [9.17, 15) is 4.79 Å². The molecule has 15 heavy (non-hydrogen) atoms. The molecule has 1 aliphatic rings. The fourth-order valence-electron chi connectivity index (χ4n) is 2.18. The third-order valence-electron chi connectivity index (χ3n) is 3.09. The fraction of sp³-hybridized carbons (Fsp3) is 0.778. The second kappa shape index (κ2) is 3.96. The van der Waals surface area contributed by atoms with Crippen molar-refractivity contribution >= 4 is 5.97 Å². The zero-order chi connectivity index (χ0) is 10.8. The van der Waals surface area contributed by atoms with Crippen molar-refractivity contribution in [2.75, 3.05) is 0 Å². The average molecular weight is 210 g/mol. The molecule has 1 aromatic heterocycles. The molecule has 1 heterocycles. The van der Waals surface area contributed by atoms with E-state index in [-0.39, 0.29) is 5.92 Å². The van der Waals surface area contributed by atoms with Crippen molar-refractivity contribution in [2.24, 2.45) is 13.0 Å². The largest absolute Gasteiger partial charge is 0.481 e. The SMILES string of the molecule is Cn1nnnc1C1CCC(C(=O)O)CC1. The monoisotopic (exact) mass is 210 g/mol. The summed E-state index contributed by atoms with van der Waals surface area (Å²) in [6.45, 7) is 0. The van der Waals surface area contributed by atoms with Gasteiger partial charge in [-0.25, -0.2) is 4.68 Å². The minimum Gasteiger partial charge on any atom is -0.481 e. The molecule has 1 N–H and O–H groups in total. The molecule has 1 aromatic rings. The Kier molecular flexibility index (Phi) is 2.66. The van der Waals surface area contributed by atoms with E-state index in [0.717, 1.165) is 31.5 Å². The van der Waals surface area contributed by atoms with Crippen LogP contribution in [0.1, 0.15) is 37.4 Å². The van der Waals surface area contributed by atoms with E-state index in [2.05, 4.69) is 15.5 Å². The number of aliphatic carboxylic acids is 1. The van der Waals surface area contributed by atoms with Crippen molar-refractivity contribution in [3.8, 4) is 0 Å². The number of carboxylic acids is 1. The van der Waals surface area contributed by atoms with Crippen molar-refractivity contribution in [3.63, 3.8) is 0 Å². The van der Waals surface area contributed by atoms with Gasteiger partial charge in [0, 0.05) is 13.0 Å². The molecule has 0 atom stereocenters. The van der Waals surface area contributed by atoms with Crippen LogP contribution in [-0.2, 0) is 11.8 Å². The van der Waals surface area contributed by atoms with E-state index in [0.29, 0.717) is 5.92 Å². The molecule has 0 bridgehead atoms. The van der Waals surface area contributed by atoms with Crippen LogP contribution < -0.4 is 0 Å². The van der Waals surface area contributed by atoms with Crippen molar-refractivity contribution in [3.05, 3.63) is 5.82 Å². The smallest absolute Gasteiger partial charge is 0.306 e. The summed E-state index contributed by atoms with van der Waals surface area (Å²) < 4.78 is 1.67. The highest BCUT2D eigenvalue weighted by molar-refractivity contribution is 5.70. The highest BCUT2D eigenvalue weighted by Crippen LogP contribution is 2.34. The molecular weight excluding hydrogens is 196 g/mol. The van der Waals surface area contributed by atoms with Crippen LogP contribution in [0.3, 0.4) is 0 Å². The van der Waals surface area contributed by atoms with Crippen LogP contribution in [0.15, 0.2) is 0 Å². The van der Waals surface area contributed by atoms with E-state index < -0.39 is 5.97 Å². The molecule has 2 rings (SSSR count). The third kappa shape index (κ3) is 1.98. The first-order valence-corrected chi connectivity index (χ1v) is 5.13. The van der Waals surface area contributed by atoms with Crippen LogP contribution in [0.2, 0.25) is 0 Å². The first-order chi connectivity index (χ1) is 7.18. The first kappa shape index (κ1) is 10.1. The van der Waals surface area contributed by atoms with Gasteiger partial charge in [-0.2, -0.15) is 0 Å². The normalized spacial score (nSPS) is 26.5. The lowest BCUT2D eigenvalue weighted by molar-refractivity contribution is -0.142. The summed E-state index contributed by atoms with van der Waals surface area (Å²) in [6.07, 6.45) is 3.19. The second-order valence-corrected chi connectivity index (χ2v) is 4.05. The van der Waals surface area contributed by atoms with Gasteiger partial charge in [-0.3, -0.25) is 4.79 Å². The Balaban J connectivity index is 2.00. The van der Waals surface area contributed by atoms with Gasteiger partial charge in [-0.15, -0.1) is 5.10 Å². The van der Waals surface area contributed by atoms with Gasteiger partial charge in [-0.1, -0.05) is 0 Å². The molecule has 1 fully saturated rings. The molecule has 0 saturated heterocycles. The fourth-order valence-corrected chi connectivity index (χ4v) is 2.18. The number of rotatable bonds is 2. The molecule has 1 aliphatic carbocycles. The van der Waals surface area contributed by atoms with Gasteiger partial charge < -0.3 is 5.11 Å². The number of carboxylic acid groups (broad SMARTS) is 1.